The Morgan fingerprint density at radius 3 is 2.35 bits per heavy atom. The number of benzene rings is 1. The summed E-state index contributed by atoms with van der Waals surface area (Å²) in [7, 11) is 0. The molecule has 2 fully saturated rings. The maximum atomic E-state index is 12.6. The highest BCUT2D eigenvalue weighted by atomic mass is 19.4. The predicted molar refractivity (Wildman–Crippen MR) is 79.1 cm³/mol. The standard InChI is InChI=1S/C17H20F3NO2/c18-17(19,20)14-4-2-13(3-5-14)15(22)21-9-1-6-16(12-21)7-10-23-11-8-16/h2-5H,1,6-12H2. The number of hydrogen-bond acceptors (Lipinski definition) is 2. The van der Waals surface area contributed by atoms with Crippen LogP contribution in [0.1, 0.15) is 41.6 Å². The van der Waals surface area contributed by atoms with Gasteiger partial charge in [0.1, 0.15) is 0 Å². The molecule has 0 unspecified atom stereocenters. The normalized spacial score (nSPS) is 21.4. The van der Waals surface area contributed by atoms with Crippen molar-refractivity contribution in [3.63, 3.8) is 0 Å². The third-order valence-corrected chi connectivity index (χ3v) is 4.96. The maximum Gasteiger partial charge on any atom is 0.416 e. The van der Waals surface area contributed by atoms with Gasteiger partial charge in [0, 0.05) is 31.9 Å². The molecular formula is C17H20F3NO2. The van der Waals surface area contributed by atoms with Crippen molar-refractivity contribution >= 4 is 5.91 Å². The van der Waals surface area contributed by atoms with Gasteiger partial charge in [-0.2, -0.15) is 13.2 Å². The SMILES string of the molecule is O=C(c1ccc(C(F)(F)F)cc1)N1CCCC2(CCOCC2)C1. The topological polar surface area (TPSA) is 29.5 Å². The Morgan fingerprint density at radius 1 is 1.09 bits per heavy atom. The van der Waals surface area contributed by atoms with E-state index in [0.717, 1.165) is 51.0 Å². The molecule has 0 aliphatic carbocycles. The van der Waals surface area contributed by atoms with Gasteiger partial charge in [0.15, 0.2) is 0 Å². The zero-order chi connectivity index (χ0) is 16.5. The zero-order valence-electron chi connectivity index (χ0n) is 12.9. The van der Waals surface area contributed by atoms with Crippen LogP contribution in [0.25, 0.3) is 0 Å². The van der Waals surface area contributed by atoms with Gasteiger partial charge in [0.2, 0.25) is 0 Å². The molecule has 0 bridgehead atoms. The molecule has 0 aromatic heterocycles. The van der Waals surface area contributed by atoms with E-state index in [-0.39, 0.29) is 11.3 Å². The van der Waals surface area contributed by atoms with Crippen LogP contribution in [0.2, 0.25) is 0 Å². The number of ether oxygens (including phenoxy) is 1. The molecule has 3 rings (SSSR count). The molecule has 1 spiro atoms. The highest BCUT2D eigenvalue weighted by molar-refractivity contribution is 5.94. The molecule has 0 atom stereocenters. The largest absolute Gasteiger partial charge is 0.416 e. The number of likely N-dealkylation sites (tertiary alicyclic amines) is 1. The van der Waals surface area contributed by atoms with Crippen molar-refractivity contribution in [1.29, 1.82) is 0 Å². The van der Waals surface area contributed by atoms with Crippen LogP contribution < -0.4 is 0 Å². The Balaban J connectivity index is 1.72. The van der Waals surface area contributed by atoms with E-state index in [1.807, 2.05) is 0 Å². The van der Waals surface area contributed by atoms with E-state index in [0.29, 0.717) is 18.7 Å². The lowest BCUT2D eigenvalue weighted by Crippen LogP contribution is -2.48. The van der Waals surface area contributed by atoms with Gasteiger partial charge in [-0.1, -0.05) is 0 Å². The highest BCUT2D eigenvalue weighted by Gasteiger charge is 2.38. The second kappa shape index (κ2) is 6.15. The van der Waals surface area contributed by atoms with Crippen LogP contribution >= 0.6 is 0 Å². The first kappa shape index (κ1) is 16.3. The number of alkyl halides is 3. The highest BCUT2D eigenvalue weighted by Crippen LogP contribution is 2.39. The molecule has 2 aliphatic heterocycles. The number of rotatable bonds is 1. The maximum absolute atomic E-state index is 12.6. The minimum atomic E-state index is -4.38. The Hall–Kier alpha value is -1.56. The van der Waals surface area contributed by atoms with Gasteiger partial charge >= 0.3 is 6.18 Å². The molecule has 0 saturated carbocycles. The van der Waals surface area contributed by atoms with Crippen molar-refractivity contribution in [2.24, 2.45) is 5.41 Å². The van der Waals surface area contributed by atoms with E-state index >= 15 is 0 Å². The van der Waals surface area contributed by atoms with Crippen molar-refractivity contribution in [1.82, 2.24) is 4.90 Å². The lowest BCUT2D eigenvalue weighted by Gasteiger charge is -2.45. The minimum Gasteiger partial charge on any atom is -0.381 e. The number of amides is 1. The Kier molecular flexibility index (Phi) is 4.36. The molecule has 3 nitrogen and oxygen atoms in total. The van der Waals surface area contributed by atoms with Crippen molar-refractivity contribution in [2.75, 3.05) is 26.3 Å². The molecule has 2 heterocycles. The van der Waals surface area contributed by atoms with Crippen molar-refractivity contribution in [3.05, 3.63) is 35.4 Å². The first-order valence-corrected chi connectivity index (χ1v) is 7.94. The fourth-order valence-corrected chi connectivity index (χ4v) is 3.58. The first-order valence-electron chi connectivity index (χ1n) is 7.94. The van der Waals surface area contributed by atoms with E-state index in [1.54, 1.807) is 4.90 Å². The van der Waals surface area contributed by atoms with Crippen LogP contribution in [-0.2, 0) is 10.9 Å². The van der Waals surface area contributed by atoms with Crippen LogP contribution in [0.15, 0.2) is 24.3 Å². The summed E-state index contributed by atoms with van der Waals surface area (Å²) in [5.41, 5.74) is -0.284. The van der Waals surface area contributed by atoms with Crippen LogP contribution in [0.5, 0.6) is 0 Å². The second-order valence-electron chi connectivity index (χ2n) is 6.52. The number of piperidine rings is 1. The number of hydrogen-bond donors (Lipinski definition) is 0. The van der Waals surface area contributed by atoms with Gasteiger partial charge in [-0.25, -0.2) is 0 Å². The van der Waals surface area contributed by atoms with Crippen molar-refractivity contribution in [3.8, 4) is 0 Å². The molecular weight excluding hydrogens is 307 g/mol. The van der Waals surface area contributed by atoms with Gasteiger partial charge in [-0.05, 0) is 55.4 Å². The summed E-state index contributed by atoms with van der Waals surface area (Å²) in [6, 6.07) is 4.50. The first-order chi connectivity index (χ1) is 10.9. The average Bonchev–Trinajstić information content (AvgIpc) is 2.54. The molecule has 2 aliphatic rings. The van der Waals surface area contributed by atoms with Gasteiger partial charge in [0.05, 0.1) is 5.56 Å². The van der Waals surface area contributed by atoms with Crippen LogP contribution in [0.3, 0.4) is 0 Å². The lowest BCUT2D eigenvalue weighted by molar-refractivity contribution is -0.137. The Morgan fingerprint density at radius 2 is 1.74 bits per heavy atom. The lowest BCUT2D eigenvalue weighted by atomic mass is 9.74. The fourth-order valence-electron chi connectivity index (χ4n) is 3.58. The van der Waals surface area contributed by atoms with Gasteiger partial charge in [0.25, 0.3) is 5.91 Å². The third-order valence-electron chi connectivity index (χ3n) is 4.96. The average molecular weight is 327 g/mol. The Bertz CT molecular complexity index is 557. The molecule has 0 N–H and O–H groups in total. The number of nitrogens with zero attached hydrogens (tertiary/aromatic N) is 1. The van der Waals surface area contributed by atoms with Crippen LogP contribution in [0, 0.1) is 5.41 Å². The molecule has 6 heteroatoms. The smallest absolute Gasteiger partial charge is 0.381 e. The molecule has 2 saturated heterocycles. The molecule has 1 aromatic rings. The predicted octanol–water partition coefficient (Wildman–Crippen LogP) is 3.74. The van der Waals surface area contributed by atoms with Crippen LogP contribution in [-0.4, -0.2) is 37.1 Å². The molecule has 23 heavy (non-hydrogen) atoms. The minimum absolute atomic E-state index is 0.123. The van der Waals surface area contributed by atoms with Gasteiger partial charge < -0.3 is 9.64 Å². The van der Waals surface area contributed by atoms with Gasteiger partial charge in [-0.15, -0.1) is 0 Å². The summed E-state index contributed by atoms with van der Waals surface area (Å²) in [6.45, 7) is 2.79. The molecule has 1 amide bonds. The van der Waals surface area contributed by atoms with Crippen LogP contribution in [0.4, 0.5) is 13.2 Å². The summed E-state index contributed by atoms with van der Waals surface area (Å²) in [5, 5.41) is 0. The van der Waals surface area contributed by atoms with E-state index in [2.05, 4.69) is 0 Å². The van der Waals surface area contributed by atoms with E-state index < -0.39 is 11.7 Å². The zero-order valence-corrected chi connectivity index (χ0v) is 12.9. The summed E-state index contributed by atoms with van der Waals surface area (Å²) < 4.78 is 43.2. The number of carbonyl (C=O) groups excluding carboxylic acids is 1. The molecule has 0 radical (unpaired) electrons. The monoisotopic (exact) mass is 327 g/mol. The number of halogens is 3. The van der Waals surface area contributed by atoms with Gasteiger partial charge in [-0.3, -0.25) is 4.79 Å². The van der Waals surface area contributed by atoms with E-state index in [9.17, 15) is 18.0 Å². The fraction of sp³-hybridized carbons (Fsp3) is 0.588. The number of carbonyl (C=O) groups is 1. The van der Waals surface area contributed by atoms with E-state index in [1.165, 1.54) is 12.1 Å². The molecule has 126 valence electrons. The Labute approximate surface area is 133 Å². The summed E-state index contributed by atoms with van der Waals surface area (Å²) in [5.74, 6) is -0.177. The summed E-state index contributed by atoms with van der Waals surface area (Å²) in [6.07, 6.45) is -0.452. The van der Waals surface area contributed by atoms with Crippen molar-refractivity contribution < 1.29 is 22.7 Å². The quantitative estimate of drug-likeness (QED) is 0.786. The summed E-state index contributed by atoms with van der Waals surface area (Å²) in [4.78, 5) is 14.4. The second-order valence-corrected chi connectivity index (χ2v) is 6.52. The molecule has 1 aromatic carbocycles. The van der Waals surface area contributed by atoms with E-state index in [4.69, 9.17) is 4.74 Å². The third kappa shape index (κ3) is 3.52. The summed E-state index contributed by atoms with van der Waals surface area (Å²) >= 11 is 0. The van der Waals surface area contributed by atoms with Crippen molar-refractivity contribution in [2.45, 2.75) is 31.9 Å².